The summed E-state index contributed by atoms with van der Waals surface area (Å²) in [5.74, 6) is -2.44. The number of primary amides is 1. The normalized spacial score (nSPS) is 24.4. The minimum absolute atomic E-state index is 0.00162. The second-order valence-electron chi connectivity index (χ2n) is 5.31. The van der Waals surface area contributed by atoms with Crippen LogP contribution in [0.4, 0.5) is 0 Å². The number of nitrogens with two attached hydrogens (primary N) is 2. The van der Waals surface area contributed by atoms with E-state index in [0.29, 0.717) is 6.42 Å². The van der Waals surface area contributed by atoms with Crippen molar-refractivity contribution >= 4 is 17.8 Å². The number of hydrogen-bond acceptors (Lipinski definition) is 4. The quantitative estimate of drug-likeness (QED) is 0.498. The number of aliphatic carboxylic acids is 1. The smallest absolute Gasteiger partial charge is 0.326 e. The summed E-state index contributed by atoms with van der Waals surface area (Å²) in [6.45, 7) is 0. The maximum atomic E-state index is 12.2. The van der Waals surface area contributed by atoms with E-state index in [2.05, 4.69) is 5.32 Å². The molecule has 0 spiro atoms. The van der Waals surface area contributed by atoms with Crippen LogP contribution in [0.2, 0.25) is 0 Å². The molecule has 2 unspecified atom stereocenters. The number of amides is 2. The van der Waals surface area contributed by atoms with Gasteiger partial charge in [-0.05, 0) is 19.3 Å². The van der Waals surface area contributed by atoms with Crippen molar-refractivity contribution in [3.8, 4) is 0 Å². The Morgan fingerprint density at radius 2 is 1.85 bits per heavy atom. The van der Waals surface area contributed by atoms with E-state index in [0.717, 1.165) is 25.7 Å². The Morgan fingerprint density at radius 3 is 2.45 bits per heavy atom. The zero-order valence-electron chi connectivity index (χ0n) is 11.5. The summed E-state index contributed by atoms with van der Waals surface area (Å²) in [6.07, 6.45) is 4.33. The second-order valence-corrected chi connectivity index (χ2v) is 5.31. The SMILES string of the molecule is NC(=O)CC[C@@H](NC(=O)C1CCCCCC1N)C(=O)O. The monoisotopic (exact) mass is 285 g/mol. The summed E-state index contributed by atoms with van der Waals surface area (Å²) in [6, 6.07) is -1.33. The summed E-state index contributed by atoms with van der Waals surface area (Å²) < 4.78 is 0. The van der Waals surface area contributed by atoms with Crippen LogP contribution in [0, 0.1) is 5.92 Å². The largest absolute Gasteiger partial charge is 0.480 e. The third-order valence-corrected chi connectivity index (χ3v) is 3.70. The molecule has 1 fully saturated rings. The number of carbonyl (C=O) groups excluding carboxylic acids is 2. The van der Waals surface area contributed by atoms with Gasteiger partial charge in [0.2, 0.25) is 11.8 Å². The highest BCUT2D eigenvalue weighted by atomic mass is 16.4. The molecule has 1 saturated carbocycles. The van der Waals surface area contributed by atoms with Gasteiger partial charge >= 0.3 is 5.97 Å². The molecule has 1 aliphatic carbocycles. The minimum atomic E-state index is -1.17. The van der Waals surface area contributed by atoms with Gasteiger partial charge in [0, 0.05) is 12.5 Å². The number of rotatable bonds is 6. The predicted octanol–water partition coefficient (Wildman–Crippen LogP) is -0.271. The Labute approximate surface area is 118 Å². The molecular formula is C13H23N3O4. The zero-order valence-corrected chi connectivity index (χ0v) is 11.5. The van der Waals surface area contributed by atoms with Crippen LogP contribution in [-0.2, 0) is 14.4 Å². The first-order chi connectivity index (χ1) is 9.41. The molecule has 6 N–H and O–H groups in total. The average molecular weight is 285 g/mol. The van der Waals surface area contributed by atoms with Crippen molar-refractivity contribution in [1.82, 2.24) is 5.32 Å². The summed E-state index contributed by atoms with van der Waals surface area (Å²) in [5.41, 5.74) is 11.0. The Bertz CT molecular complexity index is 373. The zero-order chi connectivity index (χ0) is 15.1. The fourth-order valence-electron chi connectivity index (χ4n) is 2.48. The number of hydrogen-bond donors (Lipinski definition) is 4. The van der Waals surface area contributed by atoms with Gasteiger partial charge in [0.05, 0.1) is 5.92 Å². The molecule has 0 aromatic heterocycles. The average Bonchev–Trinajstić information content (AvgIpc) is 2.58. The number of carboxylic acids is 1. The van der Waals surface area contributed by atoms with Gasteiger partial charge in [0.1, 0.15) is 6.04 Å². The molecule has 0 heterocycles. The molecule has 0 radical (unpaired) electrons. The first-order valence-electron chi connectivity index (χ1n) is 6.99. The summed E-state index contributed by atoms with van der Waals surface area (Å²) in [7, 11) is 0. The van der Waals surface area contributed by atoms with Crippen molar-refractivity contribution in [1.29, 1.82) is 0 Å². The lowest BCUT2D eigenvalue weighted by molar-refractivity contribution is -0.143. The minimum Gasteiger partial charge on any atom is -0.480 e. The third kappa shape index (κ3) is 5.16. The van der Waals surface area contributed by atoms with Crippen LogP contribution in [-0.4, -0.2) is 35.0 Å². The highest BCUT2D eigenvalue weighted by molar-refractivity contribution is 5.86. The topological polar surface area (TPSA) is 136 Å². The molecule has 1 aliphatic rings. The standard InChI is InChI=1S/C13H23N3O4/c14-9-5-3-1-2-4-8(9)12(18)16-10(13(19)20)6-7-11(15)17/h8-10H,1-7,14H2,(H2,15,17)(H,16,18)(H,19,20)/t8?,9?,10-/m1/s1. The molecule has 0 aromatic rings. The number of carboxylic acid groups (broad SMARTS) is 1. The van der Waals surface area contributed by atoms with Crippen molar-refractivity contribution < 1.29 is 19.5 Å². The maximum absolute atomic E-state index is 12.2. The molecular weight excluding hydrogens is 262 g/mol. The van der Waals surface area contributed by atoms with Crippen LogP contribution >= 0.6 is 0 Å². The molecule has 0 aliphatic heterocycles. The van der Waals surface area contributed by atoms with E-state index in [1.807, 2.05) is 0 Å². The van der Waals surface area contributed by atoms with Gasteiger partial charge in [-0.2, -0.15) is 0 Å². The van der Waals surface area contributed by atoms with Crippen LogP contribution in [0.15, 0.2) is 0 Å². The van der Waals surface area contributed by atoms with Crippen molar-refractivity contribution in [3.63, 3.8) is 0 Å². The predicted molar refractivity (Wildman–Crippen MR) is 72.5 cm³/mol. The van der Waals surface area contributed by atoms with Gasteiger partial charge in [0.15, 0.2) is 0 Å². The lowest BCUT2D eigenvalue weighted by Gasteiger charge is -2.23. The van der Waals surface area contributed by atoms with Crippen molar-refractivity contribution in [2.75, 3.05) is 0 Å². The van der Waals surface area contributed by atoms with Crippen LogP contribution in [0.3, 0.4) is 0 Å². The van der Waals surface area contributed by atoms with E-state index < -0.39 is 17.9 Å². The van der Waals surface area contributed by atoms with Crippen molar-refractivity contribution in [3.05, 3.63) is 0 Å². The van der Waals surface area contributed by atoms with Crippen LogP contribution in [0.5, 0.6) is 0 Å². The molecule has 114 valence electrons. The molecule has 20 heavy (non-hydrogen) atoms. The first kappa shape index (κ1) is 16.4. The third-order valence-electron chi connectivity index (χ3n) is 3.70. The van der Waals surface area contributed by atoms with Gasteiger partial charge in [0.25, 0.3) is 0 Å². The fraction of sp³-hybridized carbons (Fsp3) is 0.769. The Balaban J connectivity index is 2.59. The van der Waals surface area contributed by atoms with E-state index >= 15 is 0 Å². The Kier molecular flexibility index (Phi) is 6.44. The van der Waals surface area contributed by atoms with Crippen LogP contribution in [0.1, 0.15) is 44.9 Å². The number of nitrogens with one attached hydrogen (secondary N) is 1. The summed E-state index contributed by atoms with van der Waals surface area (Å²) in [4.78, 5) is 33.9. The Morgan fingerprint density at radius 1 is 1.20 bits per heavy atom. The van der Waals surface area contributed by atoms with E-state index in [4.69, 9.17) is 16.6 Å². The second kappa shape index (κ2) is 7.84. The number of carbonyl (C=O) groups is 3. The van der Waals surface area contributed by atoms with Gasteiger partial charge in [-0.15, -0.1) is 0 Å². The highest BCUT2D eigenvalue weighted by Crippen LogP contribution is 2.22. The first-order valence-corrected chi connectivity index (χ1v) is 6.99. The van der Waals surface area contributed by atoms with Gasteiger partial charge in [-0.1, -0.05) is 19.3 Å². The lowest BCUT2D eigenvalue weighted by atomic mass is 9.94. The highest BCUT2D eigenvalue weighted by Gasteiger charge is 2.30. The lowest BCUT2D eigenvalue weighted by Crippen LogP contribution is -2.48. The van der Waals surface area contributed by atoms with Crippen molar-refractivity contribution in [2.45, 2.75) is 57.0 Å². The molecule has 0 saturated heterocycles. The molecule has 0 bridgehead atoms. The fourth-order valence-corrected chi connectivity index (χ4v) is 2.48. The molecule has 2 amide bonds. The molecule has 0 aromatic carbocycles. The van der Waals surface area contributed by atoms with Gasteiger partial charge < -0.3 is 21.9 Å². The van der Waals surface area contributed by atoms with Crippen LogP contribution in [0.25, 0.3) is 0 Å². The van der Waals surface area contributed by atoms with Gasteiger partial charge in [-0.3, -0.25) is 9.59 Å². The van der Waals surface area contributed by atoms with E-state index in [1.165, 1.54) is 0 Å². The van der Waals surface area contributed by atoms with E-state index in [1.54, 1.807) is 0 Å². The molecule has 3 atom stereocenters. The maximum Gasteiger partial charge on any atom is 0.326 e. The van der Waals surface area contributed by atoms with E-state index in [-0.39, 0.29) is 30.7 Å². The van der Waals surface area contributed by atoms with Crippen molar-refractivity contribution in [2.24, 2.45) is 17.4 Å². The molecule has 7 nitrogen and oxygen atoms in total. The summed E-state index contributed by atoms with van der Waals surface area (Å²) in [5, 5.41) is 11.5. The van der Waals surface area contributed by atoms with E-state index in [9.17, 15) is 14.4 Å². The molecule has 1 rings (SSSR count). The summed E-state index contributed by atoms with van der Waals surface area (Å²) >= 11 is 0. The van der Waals surface area contributed by atoms with Gasteiger partial charge in [-0.25, -0.2) is 4.79 Å². The Hall–Kier alpha value is -1.63. The van der Waals surface area contributed by atoms with Crippen LogP contribution < -0.4 is 16.8 Å². The molecule has 7 heteroatoms.